The maximum Gasteiger partial charge on any atom is 0.272 e. The third kappa shape index (κ3) is 2.90. The van der Waals surface area contributed by atoms with Crippen molar-refractivity contribution in [2.24, 2.45) is 5.16 Å². The second-order valence-electron chi connectivity index (χ2n) is 5.51. The van der Waals surface area contributed by atoms with Crippen LogP contribution in [-0.2, 0) is 9.63 Å². The summed E-state index contributed by atoms with van der Waals surface area (Å²) in [6, 6.07) is 9.11. The zero-order valence-electron chi connectivity index (χ0n) is 13.1. The summed E-state index contributed by atoms with van der Waals surface area (Å²) in [5, 5.41) is 10.5. The molecule has 1 atom stereocenters. The SMILES string of the molecule is COc1ccccc1C1=NOC(C)(C(=O)Nc2cc(C)on2)C1. The first-order chi connectivity index (χ1) is 11.0. The summed E-state index contributed by atoms with van der Waals surface area (Å²) in [5.74, 6) is 1.32. The van der Waals surface area contributed by atoms with E-state index in [-0.39, 0.29) is 5.91 Å². The van der Waals surface area contributed by atoms with Gasteiger partial charge in [-0.25, -0.2) is 0 Å². The number of carbonyl (C=O) groups excluding carboxylic acids is 1. The first-order valence-electron chi connectivity index (χ1n) is 7.15. The molecule has 0 spiro atoms. The molecule has 1 amide bonds. The van der Waals surface area contributed by atoms with Crippen molar-refractivity contribution < 1.29 is 18.9 Å². The molecule has 2 aromatic rings. The van der Waals surface area contributed by atoms with Gasteiger partial charge in [0.15, 0.2) is 5.82 Å². The van der Waals surface area contributed by atoms with Gasteiger partial charge in [-0.3, -0.25) is 4.79 Å². The van der Waals surface area contributed by atoms with E-state index in [0.29, 0.717) is 29.5 Å². The number of hydrogen-bond acceptors (Lipinski definition) is 6. The van der Waals surface area contributed by atoms with Crippen molar-refractivity contribution in [1.82, 2.24) is 5.16 Å². The van der Waals surface area contributed by atoms with E-state index in [0.717, 1.165) is 5.56 Å². The number of nitrogens with zero attached hydrogens (tertiary/aromatic N) is 2. The number of aryl methyl sites for hydroxylation is 1. The number of rotatable bonds is 4. The Morgan fingerprint density at radius 2 is 2.17 bits per heavy atom. The van der Waals surface area contributed by atoms with Gasteiger partial charge in [-0.1, -0.05) is 22.4 Å². The van der Waals surface area contributed by atoms with Crippen LogP contribution in [0.2, 0.25) is 0 Å². The first-order valence-corrected chi connectivity index (χ1v) is 7.15. The molecule has 1 aromatic carbocycles. The molecule has 0 aliphatic carbocycles. The number of nitrogens with one attached hydrogen (secondary N) is 1. The van der Waals surface area contributed by atoms with Gasteiger partial charge in [-0.05, 0) is 26.0 Å². The predicted octanol–water partition coefficient (Wildman–Crippen LogP) is 2.51. The summed E-state index contributed by atoms with van der Waals surface area (Å²) in [6.07, 6.45) is 0.329. The van der Waals surface area contributed by atoms with E-state index in [1.54, 1.807) is 27.0 Å². The van der Waals surface area contributed by atoms with Gasteiger partial charge >= 0.3 is 0 Å². The molecule has 7 nitrogen and oxygen atoms in total. The summed E-state index contributed by atoms with van der Waals surface area (Å²) in [7, 11) is 1.59. The van der Waals surface area contributed by atoms with Gasteiger partial charge in [0.25, 0.3) is 5.91 Å². The predicted molar refractivity (Wildman–Crippen MR) is 83.5 cm³/mol. The highest BCUT2D eigenvalue weighted by Crippen LogP contribution is 2.31. The number of methoxy groups -OCH3 is 1. The van der Waals surface area contributed by atoms with Crippen LogP contribution < -0.4 is 10.1 Å². The number of carbonyl (C=O) groups is 1. The molecule has 120 valence electrons. The Morgan fingerprint density at radius 1 is 1.39 bits per heavy atom. The Kier molecular flexibility index (Phi) is 3.77. The zero-order valence-corrected chi connectivity index (χ0v) is 13.1. The number of para-hydroxylation sites is 1. The van der Waals surface area contributed by atoms with Crippen molar-refractivity contribution in [2.45, 2.75) is 25.9 Å². The normalized spacial score (nSPS) is 19.9. The van der Waals surface area contributed by atoms with Gasteiger partial charge in [0.2, 0.25) is 5.60 Å². The fourth-order valence-electron chi connectivity index (χ4n) is 2.36. The number of anilines is 1. The number of amides is 1. The molecule has 0 bridgehead atoms. The van der Waals surface area contributed by atoms with Gasteiger partial charge in [0, 0.05) is 18.1 Å². The lowest BCUT2D eigenvalue weighted by Crippen LogP contribution is -2.40. The summed E-state index contributed by atoms with van der Waals surface area (Å²) < 4.78 is 10.3. The lowest BCUT2D eigenvalue weighted by atomic mass is 9.94. The first kappa shape index (κ1) is 15.1. The van der Waals surface area contributed by atoms with Gasteiger partial charge in [0.1, 0.15) is 11.5 Å². The summed E-state index contributed by atoms with van der Waals surface area (Å²) in [6.45, 7) is 3.43. The maximum absolute atomic E-state index is 12.5. The van der Waals surface area contributed by atoms with Crippen LogP contribution in [0.5, 0.6) is 5.75 Å². The van der Waals surface area contributed by atoms with Gasteiger partial charge in [0.05, 0.1) is 12.8 Å². The molecule has 2 heterocycles. The van der Waals surface area contributed by atoms with E-state index in [9.17, 15) is 4.79 Å². The van der Waals surface area contributed by atoms with Crippen molar-refractivity contribution in [3.63, 3.8) is 0 Å². The molecular formula is C16H17N3O4. The average Bonchev–Trinajstić information content (AvgIpc) is 3.14. The summed E-state index contributed by atoms with van der Waals surface area (Å²) >= 11 is 0. The molecule has 0 saturated heterocycles. The van der Waals surface area contributed by atoms with Gasteiger partial charge < -0.3 is 19.4 Å². The molecular weight excluding hydrogens is 298 g/mol. The van der Waals surface area contributed by atoms with Crippen LogP contribution in [0, 0.1) is 6.92 Å². The second kappa shape index (κ2) is 5.75. The molecule has 0 fully saturated rings. The molecule has 0 saturated carbocycles. The van der Waals surface area contributed by atoms with Crippen LogP contribution in [0.25, 0.3) is 0 Å². The van der Waals surface area contributed by atoms with Crippen molar-refractivity contribution >= 4 is 17.4 Å². The van der Waals surface area contributed by atoms with Crippen LogP contribution in [0.1, 0.15) is 24.7 Å². The molecule has 23 heavy (non-hydrogen) atoms. The number of aromatic nitrogens is 1. The number of hydrogen-bond donors (Lipinski definition) is 1. The minimum absolute atomic E-state index is 0.329. The van der Waals surface area contributed by atoms with E-state index < -0.39 is 5.60 Å². The van der Waals surface area contributed by atoms with Gasteiger partial charge in [-0.2, -0.15) is 0 Å². The number of oxime groups is 1. The fraction of sp³-hybridized carbons (Fsp3) is 0.312. The molecule has 1 unspecified atom stereocenters. The fourth-order valence-corrected chi connectivity index (χ4v) is 2.36. The third-order valence-electron chi connectivity index (χ3n) is 3.63. The summed E-state index contributed by atoms with van der Waals surface area (Å²) in [5.41, 5.74) is 0.364. The topological polar surface area (TPSA) is 86.0 Å². The van der Waals surface area contributed by atoms with Crippen LogP contribution in [0.4, 0.5) is 5.82 Å². The Labute approximate surface area is 133 Å². The quantitative estimate of drug-likeness (QED) is 0.937. The van der Waals surface area contributed by atoms with Gasteiger partial charge in [-0.15, -0.1) is 0 Å². The lowest BCUT2D eigenvalue weighted by molar-refractivity contribution is -0.136. The Bertz CT molecular complexity index is 768. The Morgan fingerprint density at radius 3 is 2.87 bits per heavy atom. The monoisotopic (exact) mass is 315 g/mol. The maximum atomic E-state index is 12.5. The molecule has 1 aliphatic rings. The van der Waals surface area contributed by atoms with Crippen LogP contribution in [0.15, 0.2) is 40.0 Å². The average molecular weight is 315 g/mol. The van der Waals surface area contributed by atoms with E-state index in [2.05, 4.69) is 15.6 Å². The van der Waals surface area contributed by atoms with Crippen molar-refractivity contribution in [1.29, 1.82) is 0 Å². The minimum Gasteiger partial charge on any atom is -0.496 e. The standard InChI is InChI=1S/C16H17N3O4/c1-10-8-14(19-22-10)17-15(20)16(2)9-12(18-23-16)11-6-4-5-7-13(11)21-3/h4-8H,9H2,1-3H3,(H,17,19,20). The number of ether oxygens (including phenoxy) is 1. The van der Waals surface area contributed by atoms with Crippen LogP contribution in [0.3, 0.4) is 0 Å². The molecule has 1 aliphatic heterocycles. The lowest BCUT2D eigenvalue weighted by Gasteiger charge is -2.19. The highest BCUT2D eigenvalue weighted by Gasteiger charge is 2.43. The summed E-state index contributed by atoms with van der Waals surface area (Å²) in [4.78, 5) is 17.9. The second-order valence-corrected chi connectivity index (χ2v) is 5.51. The Balaban J connectivity index is 1.75. The van der Waals surface area contributed by atoms with E-state index in [1.807, 2.05) is 24.3 Å². The van der Waals surface area contributed by atoms with E-state index >= 15 is 0 Å². The van der Waals surface area contributed by atoms with Crippen molar-refractivity contribution in [2.75, 3.05) is 12.4 Å². The highest BCUT2D eigenvalue weighted by atomic mass is 16.7. The third-order valence-corrected chi connectivity index (χ3v) is 3.63. The molecule has 3 rings (SSSR count). The molecule has 7 heteroatoms. The largest absolute Gasteiger partial charge is 0.496 e. The van der Waals surface area contributed by atoms with Crippen LogP contribution >= 0.6 is 0 Å². The molecule has 0 radical (unpaired) electrons. The zero-order chi connectivity index (χ0) is 16.4. The van der Waals surface area contributed by atoms with E-state index in [4.69, 9.17) is 14.1 Å². The Hall–Kier alpha value is -2.83. The molecule has 1 N–H and O–H groups in total. The smallest absolute Gasteiger partial charge is 0.272 e. The highest BCUT2D eigenvalue weighted by molar-refractivity contribution is 6.09. The van der Waals surface area contributed by atoms with E-state index in [1.165, 1.54) is 0 Å². The molecule has 1 aromatic heterocycles. The van der Waals surface area contributed by atoms with Crippen LogP contribution in [-0.4, -0.2) is 29.5 Å². The number of benzene rings is 1. The van der Waals surface area contributed by atoms with Crippen molar-refractivity contribution in [3.8, 4) is 5.75 Å². The van der Waals surface area contributed by atoms with Crippen molar-refractivity contribution in [3.05, 3.63) is 41.7 Å². The minimum atomic E-state index is -1.11.